The van der Waals surface area contributed by atoms with E-state index in [4.69, 9.17) is 4.74 Å². The number of nitrogens with zero attached hydrogens (tertiary/aromatic N) is 1. The van der Waals surface area contributed by atoms with Gasteiger partial charge < -0.3 is 20.1 Å². The average molecular weight is 546 g/mol. The monoisotopic (exact) mass is 545 g/mol. The Bertz CT molecular complexity index is 1680. The number of anilines is 2. The Hall–Kier alpha value is -4.41. The number of aryl methyl sites for hydroxylation is 1. The Morgan fingerprint density at radius 2 is 1.64 bits per heavy atom. The second kappa shape index (κ2) is 10.8. The molecule has 0 aromatic heterocycles. The summed E-state index contributed by atoms with van der Waals surface area (Å²) in [6.45, 7) is 3.65. The molecule has 1 fully saturated rings. The Kier molecular flexibility index (Phi) is 7.23. The molecule has 0 atom stereocenters. The number of aromatic carboxylic acids is 1. The van der Waals surface area contributed by atoms with E-state index in [1.807, 2.05) is 30.3 Å². The molecule has 0 aliphatic carbocycles. The Balaban J connectivity index is 1.42. The third-order valence-corrected chi connectivity index (χ3v) is 8.13. The largest absolute Gasteiger partial charge is 0.478 e. The SMILES string of the molecule is Cc1cc(NC(=O)N2CCOCC2)ccc1S(=O)(=O)Nc1ccc(-c2cccc(C(=O)O)c2)c2ccccc12. The van der Waals surface area contributed by atoms with E-state index in [1.54, 1.807) is 48.2 Å². The highest BCUT2D eigenvalue weighted by atomic mass is 32.2. The molecule has 4 aromatic carbocycles. The van der Waals surface area contributed by atoms with E-state index in [0.29, 0.717) is 54.2 Å². The molecule has 0 saturated carbocycles. The second-order valence-electron chi connectivity index (χ2n) is 9.21. The summed E-state index contributed by atoms with van der Waals surface area (Å²) >= 11 is 0. The van der Waals surface area contributed by atoms with Crippen LogP contribution in [-0.2, 0) is 14.8 Å². The molecule has 39 heavy (non-hydrogen) atoms. The number of hydrogen-bond donors (Lipinski definition) is 3. The minimum atomic E-state index is -3.96. The molecule has 4 aromatic rings. The average Bonchev–Trinajstić information content (AvgIpc) is 2.93. The van der Waals surface area contributed by atoms with E-state index in [9.17, 15) is 23.1 Å². The normalized spacial score (nSPS) is 13.7. The predicted octanol–water partition coefficient (Wildman–Crippen LogP) is 5.18. The van der Waals surface area contributed by atoms with E-state index in [2.05, 4.69) is 10.0 Å². The van der Waals surface area contributed by atoms with Gasteiger partial charge in [-0.05, 0) is 65.4 Å². The molecule has 0 radical (unpaired) electrons. The number of amides is 2. The first-order valence-corrected chi connectivity index (χ1v) is 13.8. The number of fused-ring (bicyclic) bond motifs is 1. The van der Waals surface area contributed by atoms with Gasteiger partial charge in [-0.25, -0.2) is 18.0 Å². The summed E-state index contributed by atoms with van der Waals surface area (Å²) in [7, 11) is -3.96. The number of hydrogen-bond acceptors (Lipinski definition) is 5. The van der Waals surface area contributed by atoms with Gasteiger partial charge in [0.05, 0.1) is 29.4 Å². The van der Waals surface area contributed by atoms with Crippen molar-refractivity contribution in [3.63, 3.8) is 0 Å². The molecule has 0 unspecified atom stereocenters. The highest BCUT2D eigenvalue weighted by Crippen LogP contribution is 2.35. The number of nitrogens with one attached hydrogen (secondary N) is 2. The van der Waals surface area contributed by atoms with Gasteiger partial charge in [-0.15, -0.1) is 0 Å². The first kappa shape index (κ1) is 26.2. The van der Waals surface area contributed by atoms with Crippen molar-refractivity contribution in [3.05, 3.63) is 90.0 Å². The first-order valence-electron chi connectivity index (χ1n) is 12.4. The lowest BCUT2D eigenvalue weighted by atomic mass is 9.96. The van der Waals surface area contributed by atoms with E-state index >= 15 is 0 Å². The number of rotatable bonds is 6. The summed E-state index contributed by atoms with van der Waals surface area (Å²) in [4.78, 5) is 25.7. The van der Waals surface area contributed by atoms with Crippen molar-refractivity contribution in [2.24, 2.45) is 0 Å². The maximum atomic E-state index is 13.4. The molecule has 0 bridgehead atoms. The molecule has 1 aliphatic rings. The fourth-order valence-electron chi connectivity index (χ4n) is 4.66. The molecule has 10 heteroatoms. The van der Waals surface area contributed by atoms with Gasteiger partial charge in [-0.3, -0.25) is 4.72 Å². The van der Waals surface area contributed by atoms with Crippen LogP contribution >= 0.6 is 0 Å². The highest BCUT2D eigenvalue weighted by molar-refractivity contribution is 7.92. The van der Waals surface area contributed by atoms with E-state index in [1.165, 1.54) is 12.1 Å². The molecular formula is C29H27N3O6S. The third-order valence-electron chi connectivity index (χ3n) is 6.60. The van der Waals surface area contributed by atoms with Crippen LogP contribution in [0.3, 0.4) is 0 Å². The Labute approximate surface area is 226 Å². The minimum absolute atomic E-state index is 0.0918. The fraction of sp³-hybridized carbons (Fsp3) is 0.172. The van der Waals surface area contributed by atoms with Crippen molar-refractivity contribution in [1.29, 1.82) is 0 Å². The number of morpholine rings is 1. The summed E-state index contributed by atoms with van der Waals surface area (Å²) in [5.41, 5.74) is 3.04. The van der Waals surface area contributed by atoms with Gasteiger partial charge in [-0.1, -0.05) is 42.5 Å². The van der Waals surface area contributed by atoms with Gasteiger partial charge in [-0.2, -0.15) is 0 Å². The van der Waals surface area contributed by atoms with Crippen LogP contribution in [0, 0.1) is 6.92 Å². The predicted molar refractivity (Wildman–Crippen MR) is 150 cm³/mol. The van der Waals surface area contributed by atoms with Crippen LogP contribution in [0.25, 0.3) is 21.9 Å². The summed E-state index contributed by atoms with van der Waals surface area (Å²) < 4.78 is 34.9. The molecule has 1 aliphatic heterocycles. The highest BCUT2D eigenvalue weighted by Gasteiger charge is 2.21. The zero-order chi connectivity index (χ0) is 27.6. The molecule has 1 heterocycles. The quantitative estimate of drug-likeness (QED) is 0.307. The zero-order valence-electron chi connectivity index (χ0n) is 21.2. The van der Waals surface area contributed by atoms with Crippen LogP contribution in [0.2, 0.25) is 0 Å². The molecule has 0 spiro atoms. The number of urea groups is 1. The number of benzene rings is 4. The van der Waals surface area contributed by atoms with Crippen molar-refractivity contribution in [3.8, 4) is 11.1 Å². The maximum Gasteiger partial charge on any atom is 0.335 e. The molecule has 2 amide bonds. The van der Waals surface area contributed by atoms with Crippen LogP contribution in [0.15, 0.2) is 83.8 Å². The lowest BCUT2D eigenvalue weighted by Crippen LogP contribution is -2.43. The molecule has 200 valence electrons. The summed E-state index contributed by atoms with van der Waals surface area (Å²) in [5.74, 6) is -1.02. The van der Waals surface area contributed by atoms with Crippen LogP contribution in [-0.4, -0.2) is 56.7 Å². The smallest absolute Gasteiger partial charge is 0.335 e. The van der Waals surface area contributed by atoms with Gasteiger partial charge in [0.1, 0.15) is 0 Å². The standard InChI is InChI=1S/C29H27N3O6S/c1-19-17-22(30-29(35)32-13-15-38-16-14-32)9-12-27(19)39(36,37)31-26-11-10-23(24-7-2-3-8-25(24)26)20-5-4-6-21(18-20)28(33)34/h2-12,17-18,31H,13-16H2,1H3,(H,30,35)(H,33,34). The van der Waals surface area contributed by atoms with Crippen LogP contribution < -0.4 is 10.0 Å². The van der Waals surface area contributed by atoms with Gasteiger partial charge in [0.15, 0.2) is 0 Å². The summed E-state index contributed by atoms with van der Waals surface area (Å²) in [6, 6.07) is 21.8. The first-order chi connectivity index (χ1) is 18.7. The van der Waals surface area contributed by atoms with Crippen LogP contribution in [0.5, 0.6) is 0 Å². The van der Waals surface area contributed by atoms with Gasteiger partial charge in [0.2, 0.25) is 0 Å². The fourth-order valence-corrected chi connectivity index (χ4v) is 5.96. The number of ether oxygens (including phenoxy) is 1. The Morgan fingerprint density at radius 3 is 2.36 bits per heavy atom. The lowest BCUT2D eigenvalue weighted by molar-refractivity contribution is 0.0564. The Morgan fingerprint density at radius 1 is 0.897 bits per heavy atom. The van der Waals surface area contributed by atoms with Crippen molar-refractivity contribution in [1.82, 2.24) is 4.90 Å². The number of carbonyl (C=O) groups excluding carboxylic acids is 1. The summed E-state index contributed by atoms with van der Waals surface area (Å²) in [6.07, 6.45) is 0. The van der Waals surface area contributed by atoms with Gasteiger partial charge in [0.25, 0.3) is 10.0 Å². The van der Waals surface area contributed by atoms with E-state index in [0.717, 1.165) is 10.9 Å². The number of carboxylic acid groups (broad SMARTS) is 1. The van der Waals surface area contributed by atoms with Crippen molar-refractivity contribution in [2.45, 2.75) is 11.8 Å². The minimum Gasteiger partial charge on any atom is -0.478 e. The van der Waals surface area contributed by atoms with E-state index < -0.39 is 16.0 Å². The molecule has 3 N–H and O–H groups in total. The summed E-state index contributed by atoms with van der Waals surface area (Å²) in [5, 5.41) is 13.7. The van der Waals surface area contributed by atoms with Crippen molar-refractivity contribution in [2.75, 3.05) is 36.3 Å². The molecular weight excluding hydrogens is 518 g/mol. The molecule has 1 saturated heterocycles. The van der Waals surface area contributed by atoms with E-state index in [-0.39, 0.29) is 16.5 Å². The topological polar surface area (TPSA) is 125 Å². The van der Waals surface area contributed by atoms with Crippen molar-refractivity contribution >= 4 is 44.2 Å². The van der Waals surface area contributed by atoms with Gasteiger partial charge >= 0.3 is 12.0 Å². The zero-order valence-corrected chi connectivity index (χ0v) is 22.0. The third kappa shape index (κ3) is 5.57. The van der Waals surface area contributed by atoms with Gasteiger partial charge in [0, 0.05) is 24.2 Å². The number of sulfonamides is 1. The maximum absolute atomic E-state index is 13.4. The van der Waals surface area contributed by atoms with Crippen molar-refractivity contribution < 1.29 is 27.9 Å². The molecule has 9 nitrogen and oxygen atoms in total. The number of carboxylic acids is 1. The number of carbonyl (C=O) groups is 2. The second-order valence-corrected chi connectivity index (χ2v) is 10.9. The van der Waals surface area contributed by atoms with Crippen LogP contribution in [0.4, 0.5) is 16.2 Å². The van der Waals surface area contributed by atoms with Crippen LogP contribution in [0.1, 0.15) is 15.9 Å². The lowest BCUT2D eigenvalue weighted by Gasteiger charge is -2.27. The molecule has 5 rings (SSSR count).